The van der Waals surface area contributed by atoms with Gasteiger partial charge in [-0.3, -0.25) is 4.79 Å². The van der Waals surface area contributed by atoms with Crippen LogP contribution in [0.5, 0.6) is 0 Å². The SMILES string of the molecule is CCc1ccc(C(NC(=O)C(F)(F)F)C(=O)O)cc1. The molecule has 19 heavy (non-hydrogen) atoms. The van der Waals surface area contributed by atoms with Crippen LogP contribution < -0.4 is 5.32 Å². The molecule has 7 heteroatoms. The van der Waals surface area contributed by atoms with Crippen LogP contribution in [0, 0.1) is 0 Å². The number of alkyl halides is 3. The molecule has 0 radical (unpaired) electrons. The van der Waals surface area contributed by atoms with Gasteiger partial charge >= 0.3 is 18.1 Å². The first-order valence-electron chi connectivity index (χ1n) is 5.45. The van der Waals surface area contributed by atoms with Crippen molar-refractivity contribution >= 4 is 11.9 Å². The number of carbonyl (C=O) groups excluding carboxylic acids is 1. The molecule has 0 fully saturated rings. The predicted molar refractivity (Wildman–Crippen MR) is 60.4 cm³/mol. The first kappa shape index (κ1) is 15.0. The highest BCUT2D eigenvalue weighted by Gasteiger charge is 2.41. The zero-order valence-electron chi connectivity index (χ0n) is 9.99. The molecule has 0 heterocycles. The van der Waals surface area contributed by atoms with Crippen LogP contribution in [-0.4, -0.2) is 23.2 Å². The summed E-state index contributed by atoms with van der Waals surface area (Å²) in [5.74, 6) is -3.83. The van der Waals surface area contributed by atoms with E-state index in [4.69, 9.17) is 5.11 Å². The zero-order valence-corrected chi connectivity index (χ0v) is 9.99. The van der Waals surface area contributed by atoms with Crippen molar-refractivity contribution < 1.29 is 27.9 Å². The Balaban J connectivity index is 2.94. The molecule has 0 aliphatic heterocycles. The van der Waals surface area contributed by atoms with Gasteiger partial charge in [-0.1, -0.05) is 31.2 Å². The second kappa shape index (κ2) is 5.73. The number of amides is 1. The molecular formula is C12H12F3NO3. The monoisotopic (exact) mass is 275 g/mol. The summed E-state index contributed by atoms with van der Waals surface area (Å²) in [5.41, 5.74) is 0.998. The van der Waals surface area contributed by atoms with Gasteiger partial charge in [-0.2, -0.15) is 13.2 Å². The van der Waals surface area contributed by atoms with Crippen LogP contribution in [0.3, 0.4) is 0 Å². The predicted octanol–water partition coefficient (Wildman–Crippen LogP) is 2.05. The number of benzene rings is 1. The third-order valence-electron chi connectivity index (χ3n) is 2.50. The average Bonchev–Trinajstić information content (AvgIpc) is 2.34. The molecule has 1 rings (SSSR count). The lowest BCUT2D eigenvalue weighted by molar-refractivity contribution is -0.175. The first-order chi connectivity index (χ1) is 8.75. The van der Waals surface area contributed by atoms with E-state index in [9.17, 15) is 22.8 Å². The largest absolute Gasteiger partial charge is 0.479 e. The average molecular weight is 275 g/mol. The summed E-state index contributed by atoms with van der Waals surface area (Å²) in [5, 5.41) is 10.3. The molecule has 1 amide bonds. The van der Waals surface area contributed by atoms with Gasteiger partial charge in [-0.15, -0.1) is 0 Å². The molecule has 0 spiro atoms. The maximum absolute atomic E-state index is 12.1. The van der Waals surface area contributed by atoms with Crippen LogP contribution in [0.15, 0.2) is 24.3 Å². The van der Waals surface area contributed by atoms with Crippen LogP contribution in [0.2, 0.25) is 0 Å². The molecule has 1 atom stereocenters. The van der Waals surface area contributed by atoms with Gasteiger partial charge in [0, 0.05) is 0 Å². The Morgan fingerprint density at radius 1 is 1.26 bits per heavy atom. The van der Waals surface area contributed by atoms with Crippen molar-refractivity contribution in [2.24, 2.45) is 0 Å². The van der Waals surface area contributed by atoms with Gasteiger partial charge in [0.2, 0.25) is 0 Å². The van der Waals surface area contributed by atoms with E-state index in [1.165, 1.54) is 17.4 Å². The molecule has 0 bridgehead atoms. The molecule has 0 aliphatic rings. The Bertz CT molecular complexity index is 468. The molecule has 0 saturated heterocycles. The summed E-state index contributed by atoms with van der Waals surface area (Å²) in [6.07, 6.45) is -4.40. The molecular weight excluding hydrogens is 263 g/mol. The van der Waals surface area contributed by atoms with E-state index in [1.54, 1.807) is 12.1 Å². The quantitative estimate of drug-likeness (QED) is 0.883. The van der Waals surface area contributed by atoms with Crippen LogP contribution in [0.1, 0.15) is 24.1 Å². The summed E-state index contributed by atoms with van der Waals surface area (Å²) in [6, 6.07) is 4.25. The minimum atomic E-state index is -5.11. The maximum Gasteiger partial charge on any atom is 0.471 e. The lowest BCUT2D eigenvalue weighted by Crippen LogP contribution is -2.41. The Morgan fingerprint density at radius 3 is 2.16 bits per heavy atom. The van der Waals surface area contributed by atoms with Gasteiger partial charge in [0.05, 0.1) is 0 Å². The maximum atomic E-state index is 12.1. The lowest BCUT2D eigenvalue weighted by atomic mass is 10.0. The number of rotatable bonds is 4. The molecule has 104 valence electrons. The number of carboxylic acid groups (broad SMARTS) is 1. The Hall–Kier alpha value is -2.05. The molecule has 0 aromatic heterocycles. The van der Waals surface area contributed by atoms with Crippen molar-refractivity contribution in [2.75, 3.05) is 0 Å². The summed E-state index contributed by atoms with van der Waals surface area (Å²) in [6.45, 7) is 1.88. The second-order valence-corrected chi connectivity index (χ2v) is 3.84. The number of halogens is 3. The van der Waals surface area contributed by atoms with Crippen molar-refractivity contribution in [1.82, 2.24) is 5.32 Å². The van der Waals surface area contributed by atoms with Crippen molar-refractivity contribution in [3.05, 3.63) is 35.4 Å². The lowest BCUT2D eigenvalue weighted by Gasteiger charge is -2.16. The van der Waals surface area contributed by atoms with Gasteiger partial charge in [-0.05, 0) is 17.5 Å². The van der Waals surface area contributed by atoms with Gasteiger partial charge in [-0.25, -0.2) is 4.79 Å². The topological polar surface area (TPSA) is 66.4 Å². The molecule has 0 saturated carbocycles. The molecule has 1 aromatic rings. The summed E-state index contributed by atoms with van der Waals surface area (Å²) >= 11 is 0. The number of carboxylic acids is 1. The van der Waals surface area contributed by atoms with Gasteiger partial charge in [0.1, 0.15) is 0 Å². The Labute approximate surface area is 107 Å². The van der Waals surface area contributed by atoms with E-state index in [0.29, 0.717) is 6.42 Å². The van der Waals surface area contributed by atoms with Crippen LogP contribution in [0.4, 0.5) is 13.2 Å². The molecule has 2 N–H and O–H groups in total. The van der Waals surface area contributed by atoms with Crippen LogP contribution >= 0.6 is 0 Å². The van der Waals surface area contributed by atoms with Gasteiger partial charge < -0.3 is 10.4 Å². The summed E-state index contributed by atoms with van der Waals surface area (Å²) < 4.78 is 36.3. The fraction of sp³-hybridized carbons (Fsp3) is 0.333. The van der Waals surface area contributed by atoms with Crippen molar-refractivity contribution in [3.63, 3.8) is 0 Å². The van der Waals surface area contributed by atoms with E-state index in [2.05, 4.69) is 0 Å². The van der Waals surface area contributed by atoms with Crippen molar-refractivity contribution in [2.45, 2.75) is 25.6 Å². The normalized spacial score (nSPS) is 12.8. The third-order valence-corrected chi connectivity index (χ3v) is 2.50. The van der Waals surface area contributed by atoms with Gasteiger partial charge in [0.15, 0.2) is 6.04 Å². The van der Waals surface area contributed by atoms with Gasteiger partial charge in [0.25, 0.3) is 0 Å². The second-order valence-electron chi connectivity index (χ2n) is 3.84. The van der Waals surface area contributed by atoms with E-state index in [-0.39, 0.29) is 5.56 Å². The highest BCUT2D eigenvalue weighted by molar-refractivity contribution is 5.87. The summed E-state index contributed by atoms with van der Waals surface area (Å²) in [4.78, 5) is 21.7. The number of aryl methyl sites for hydroxylation is 1. The van der Waals surface area contributed by atoms with E-state index >= 15 is 0 Å². The third kappa shape index (κ3) is 3.97. The van der Waals surface area contributed by atoms with Crippen LogP contribution in [-0.2, 0) is 16.0 Å². The number of carbonyl (C=O) groups is 2. The molecule has 4 nitrogen and oxygen atoms in total. The van der Waals surface area contributed by atoms with Crippen molar-refractivity contribution in [3.8, 4) is 0 Å². The Kier molecular flexibility index (Phi) is 4.52. The first-order valence-corrected chi connectivity index (χ1v) is 5.45. The summed E-state index contributed by atoms with van der Waals surface area (Å²) in [7, 11) is 0. The van der Waals surface area contributed by atoms with Crippen molar-refractivity contribution in [1.29, 1.82) is 0 Å². The highest BCUT2D eigenvalue weighted by Crippen LogP contribution is 2.19. The molecule has 0 aliphatic carbocycles. The molecule has 1 unspecified atom stereocenters. The fourth-order valence-electron chi connectivity index (χ4n) is 1.45. The van der Waals surface area contributed by atoms with E-state index in [1.807, 2.05) is 6.92 Å². The minimum absolute atomic E-state index is 0.0855. The van der Waals surface area contributed by atoms with E-state index in [0.717, 1.165) is 5.56 Å². The number of nitrogens with one attached hydrogen (secondary N) is 1. The minimum Gasteiger partial charge on any atom is -0.479 e. The zero-order chi connectivity index (χ0) is 14.6. The molecule has 1 aromatic carbocycles. The Morgan fingerprint density at radius 2 is 1.79 bits per heavy atom. The highest BCUT2D eigenvalue weighted by atomic mass is 19.4. The number of aliphatic carboxylic acids is 1. The smallest absolute Gasteiger partial charge is 0.471 e. The number of hydrogen-bond acceptors (Lipinski definition) is 2. The standard InChI is InChI=1S/C12H12F3NO3/c1-2-7-3-5-8(6-4-7)9(10(17)18)16-11(19)12(13,14)15/h3-6,9H,2H2,1H3,(H,16,19)(H,17,18). The van der Waals surface area contributed by atoms with Crippen LogP contribution in [0.25, 0.3) is 0 Å². The number of hydrogen-bond donors (Lipinski definition) is 2. The fourth-order valence-corrected chi connectivity index (χ4v) is 1.45. The van der Waals surface area contributed by atoms with E-state index < -0.39 is 24.1 Å².